The van der Waals surface area contributed by atoms with Crippen molar-refractivity contribution in [2.75, 3.05) is 26.8 Å². The third-order valence-corrected chi connectivity index (χ3v) is 3.65. The summed E-state index contributed by atoms with van der Waals surface area (Å²) in [5.41, 5.74) is 0.938. The third kappa shape index (κ3) is 6.11. The standard InChI is InChI=1S/C12H18N2O5S/c1-19-8-7-14-20(17,18)13-6-5-10-3-2-4-11(9-10)12(15)16/h2-4,9,13-14H,5-8H2,1H3,(H,15,16). The van der Waals surface area contributed by atoms with Crippen LogP contribution in [0, 0.1) is 0 Å². The van der Waals surface area contributed by atoms with Crippen LogP contribution in [-0.4, -0.2) is 46.3 Å². The van der Waals surface area contributed by atoms with E-state index < -0.39 is 16.2 Å². The molecule has 3 N–H and O–H groups in total. The first-order valence-corrected chi connectivity index (χ1v) is 7.48. The van der Waals surface area contributed by atoms with Gasteiger partial charge in [0.2, 0.25) is 0 Å². The van der Waals surface area contributed by atoms with Gasteiger partial charge < -0.3 is 9.84 Å². The van der Waals surface area contributed by atoms with E-state index in [2.05, 4.69) is 9.44 Å². The number of hydrogen-bond donors (Lipinski definition) is 3. The summed E-state index contributed by atoms with van der Waals surface area (Å²) < 4.78 is 32.4. The fourth-order valence-electron chi connectivity index (χ4n) is 1.52. The molecule has 0 aliphatic rings. The summed E-state index contributed by atoms with van der Waals surface area (Å²) in [6.07, 6.45) is 0.409. The number of nitrogens with one attached hydrogen (secondary N) is 2. The summed E-state index contributed by atoms with van der Waals surface area (Å²) in [6.45, 7) is 0.674. The predicted molar refractivity (Wildman–Crippen MR) is 73.9 cm³/mol. The number of carboxylic acid groups (broad SMARTS) is 1. The Labute approximate surface area is 118 Å². The average molecular weight is 302 g/mol. The van der Waals surface area contributed by atoms with Gasteiger partial charge in [0, 0.05) is 20.2 Å². The lowest BCUT2D eigenvalue weighted by molar-refractivity contribution is 0.0696. The first-order chi connectivity index (χ1) is 9.44. The highest BCUT2D eigenvalue weighted by Gasteiger charge is 2.08. The summed E-state index contributed by atoms with van der Waals surface area (Å²) in [5, 5.41) is 8.85. The highest BCUT2D eigenvalue weighted by Crippen LogP contribution is 2.05. The van der Waals surface area contributed by atoms with Crippen LogP contribution in [0.1, 0.15) is 15.9 Å². The highest BCUT2D eigenvalue weighted by molar-refractivity contribution is 7.87. The Hall–Kier alpha value is -1.48. The van der Waals surface area contributed by atoms with Gasteiger partial charge in [-0.15, -0.1) is 0 Å². The summed E-state index contributed by atoms with van der Waals surface area (Å²) in [5.74, 6) is -1.01. The molecule has 7 nitrogen and oxygen atoms in total. The van der Waals surface area contributed by atoms with Crippen molar-refractivity contribution < 1.29 is 23.1 Å². The van der Waals surface area contributed by atoms with E-state index in [0.717, 1.165) is 5.56 Å². The Bertz CT molecular complexity index is 545. The van der Waals surface area contributed by atoms with Gasteiger partial charge in [-0.1, -0.05) is 12.1 Å². The van der Waals surface area contributed by atoms with Crippen molar-refractivity contribution in [2.45, 2.75) is 6.42 Å². The fourth-order valence-corrected chi connectivity index (χ4v) is 2.34. The number of carbonyl (C=O) groups is 1. The second-order valence-corrected chi connectivity index (χ2v) is 5.62. The van der Waals surface area contributed by atoms with Crippen molar-refractivity contribution in [3.63, 3.8) is 0 Å². The van der Waals surface area contributed by atoms with Gasteiger partial charge in [0.05, 0.1) is 12.2 Å². The first kappa shape index (κ1) is 16.6. The Morgan fingerprint density at radius 1 is 1.30 bits per heavy atom. The molecule has 0 unspecified atom stereocenters. The number of carboxylic acids is 1. The van der Waals surface area contributed by atoms with Crippen LogP contribution in [0.3, 0.4) is 0 Å². The molecule has 0 fully saturated rings. The topological polar surface area (TPSA) is 105 Å². The van der Waals surface area contributed by atoms with E-state index >= 15 is 0 Å². The van der Waals surface area contributed by atoms with Gasteiger partial charge >= 0.3 is 5.97 Å². The Kier molecular flexibility index (Phi) is 6.59. The summed E-state index contributed by atoms with van der Waals surface area (Å²) in [7, 11) is -2.06. The van der Waals surface area contributed by atoms with Crippen molar-refractivity contribution in [1.29, 1.82) is 0 Å². The molecule has 0 saturated heterocycles. The molecule has 1 aromatic rings. The fraction of sp³-hybridized carbons (Fsp3) is 0.417. The van der Waals surface area contributed by atoms with E-state index in [9.17, 15) is 13.2 Å². The van der Waals surface area contributed by atoms with Crippen molar-refractivity contribution in [2.24, 2.45) is 0 Å². The van der Waals surface area contributed by atoms with Crippen LogP contribution in [0.25, 0.3) is 0 Å². The minimum Gasteiger partial charge on any atom is -0.478 e. The maximum atomic E-state index is 11.5. The molecule has 1 rings (SSSR count). The molecular weight excluding hydrogens is 284 g/mol. The normalized spacial score (nSPS) is 11.4. The zero-order valence-electron chi connectivity index (χ0n) is 11.1. The van der Waals surface area contributed by atoms with Gasteiger partial charge in [-0.2, -0.15) is 13.1 Å². The summed E-state index contributed by atoms with van der Waals surface area (Å²) in [6, 6.07) is 6.39. The molecule has 20 heavy (non-hydrogen) atoms. The van der Waals surface area contributed by atoms with Crippen LogP contribution in [0.5, 0.6) is 0 Å². The number of aromatic carboxylic acids is 1. The SMILES string of the molecule is COCCNS(=O)(=O)NCCc1cccc(C(=O)O)c1. The number of rotatable bonds is 9. The molecule has 0 radical (unpaired) electrons. The highest BCUT2D eigenvalue weighted by atomic mass is 32.2. The van der Waals surface area contributed by atoms with Crippen molar-refractivity contribution in [3.8, 4) is 0 Å². The van der Waals surface area contributed by atoms with E-state index in [1.165, 1.54) is 19.2 Å². The van der Waals surface area contributed by atoms with Gasteiger partial charge in [-0.05, 0) is 24.1 Å². The zero-order chi connectivity index (χ0) is 15.0. The molecule has 8 heteroatoms. The summed E-state index contributed by atoms with van der Waals surface area (Å²) in [4.78, 5) is 10.8. The minimum atomic E-state index is -3.55. The average Bonchev–Trinajstić information content (AvgIpc) is 2.39. The largest absolute Gasteiger partial charge is 0.478 e. The maximum absolute atomic E-state index is 11.5. The van der Waals surface area contributed by atoms with Crippen LogP contribution < -0.4 is 9.44 Å². The smallest absolute Gasteiger partial charge is 0.335 e. The summed E-state index contributed by atoms with van der Waals surface area (Å²) >= 11 is 0. The Morgan fingerprint density at radius 2 is 2.00 bits per heavy atom. The number of methoxy groups -OCH3 is 1. The minimum absolute atomic E-state index is 0.184. The van der Waals surface area contributed by atoms with Gasteiger partial charge in [-0.3, -0.25) is 0 Å². The number of hydrogen-bond acceptors (Lipinski definition) is 4. The van der Waals surface area contributed by atoms with Gasteiger partial charge in [0.15, 0.2) is 0 Å². The monoisotopic (exact) mass is 302 g/mol. The molecule has 0 aromatic heterocycles. The Balaban J connectivity index is 2.44. The van der Waals surface area contributed by atoms with Crippen LogP contribution >= 0.6 is 0 Å². The van der Waals surface area contributed by atoms with Crippen LogP contribution in [0.15, 0.2) is 24.3 Å². The van der Waals surface area contributed by atoms with Crippen LogP contribution in [-0.2, 0) is 21.4 Å². The lowest BCUT2D eigenvalue weighted by Crippen LogP contribution is -2.39. The number of benzene rings is 1. The molecule has 0 atom stereocenters. The quantitative estimate of drug-likeness (QED) is 0.557. The van der Waals surface area contributed by atoms with Crippen molar-refractivity contribution in [1.82, 2.24) is 9.44 Å². The molecule has 0 aliphatic heterocycles. The molecule has 0 aliphatic carbocycles. The van der Waals surface area contributed by atoms with E-state index in [1.54, 1.807) is 12.1 Å². The molecule has 112 valence electrons. The second kappa shape index (κ2) is 7.95. The predicted octanol–water partition coefficient (Wildman–Crippen LogP) is -0.00230. The van der Waals surface area contributed by atoms with Crippen molar-refractivity contribution >= 4 is 16.2 Å². The van der Waals surface area contributed by atoms with Gasteiger partial charge in [0.1, 0.15) is 0 Å². The molecule has 0 spiro atoms. The van der Waals surface area contributed by atoms with E-state index in [0.29, 0.717) is 13.0 Å². The van der Waals surface area contributed by atoms with Gasteiger partial charge in [0.25, 0.3) is 10.2 Å². The number of ether oxygens (including phenoxy) is 1. The van der Waals surface area contributed by atoms with E-state index in [1.807, 2.05) is 0 Å². The van der Waals surface area contributed by atoms with Crippen LogP contribution in [0.2, 0.25) is 0 Å². The molecule has 0 bridgehead atoms. The molecule has 0 saturated carbocycles. The van der Waals surface area contributed by atoms with E-state index in [-0.39, 0.29) is 18.7 Å². The van der Waals surface area contributed by atoms with Gasteiger partial charge in [-0.25, -0.2) is 9.52 Å². The lowest BCUT2D eigenvalue weighted by Gasteiger charge is -2.08. The maximum Gasteiger partial charge on any atom is 0.335 e. The lowest BCUT2D eigenvalue weighted by atomic mass is 10.1. The molecule has 0 amide bonds. The van der Waals surface area contributed by atoms with Crippen molar-refractivity contribution in [3.05, 3.63) is 35.4 Å². The Morgan fingerprint density at radius 3 is 2.65 bits per heavy atom. The molecule has 1 aromatic carbocycles. The van der Waals surface area contributed by atoms with E-state index in [4.69, 9.17) is 9.84 Å². The first-order valence-electron chi connectivity index (χ1n) is 6.00. The van der Waals surface area contributed by atoms with Crippen LogP contribution in [0.4, 0.5) is 0 Å². The molecular formula is C12H18N2O5S. The second-order valence-electron chi connectivity index (χ2n) is 4.04. The third-order valence-electron chi connectivity index (χ3n) is 2.48. The molecule has 0 heterocycles. The zero-order valence-corrected chi connectivity index (χ0v) is 11.9.